The highest BCUT2D eigenvalue weighted by Crippen LogP contribution is 2.15. The number of esters is 1. The molecule has 0 saturated carbocycles. The number of hydrogen-bond acceptors (Lipinski definition) is 16. The molecule has 1 aromatic carbocycles. The summed E-state index contributed by atoms with van der Waals surface area (Å²) in [7, 11) is 5.29. The van der Waals surface area contributed by atoms with Crippen LogP contribution in [-0.2, 0) is 59.1 Å². The van der Waals surface area contributed by atoms with Gasteiger partial charge in [-0.25, -0.2) is 9.59 Å². The van der Waals surface area contributed by atoms with Gasteiger partial charge in [-0.05, 0) is 77.7 Å². The predicted molar refractivity (Wildman–Crippen MR) is 243 cm³/mol. The number of rotatable bonds is 35. The summed E-state index contributed by atoms with van der Waals surface area (Å²) in [5.41, 5.74) is 0.500. The largest absolute Gasteiger partial charge is 0.484 e. The molecule has 1 heterocycles. The van der Waals surface area contributed by atoms with Gasteiger partial charge in [-0.3, -0.25) is 62.9 Å². The zero-order chi connectivity index (χ0) is 50.1. The molecular formula is C45H68N8O14. The summed E-state index contributed by atoms with van der Waals surface area (Å²) in [6, 6.07) is 3.45. The molecular weight excluding hydrogens is 877 g/mol. The van der Waals surface area contributed by atoms with Crippen molar-refractivity contribution in [3.8, 4) is 5.75 Å². The van der Waals surface area contributed by atoms with Crippen LogP contribution in [0.25, 0.3) is 0 Å². The van der Waals surface area contributed by atoms with E-state index in [2.05, 4.69) is 16.0 Å². The van der Waals surface area contributed by atoms with Crippen molar-refractivity contribution in [1.82, 2.24) is 40.4 Å². The molecule has 0 fully saturated rings. The van der Waals surface area contributed by atoms with Crippen molar-refractivity contribution in [2.24, 2.45) is 0 Å². The molecule has 67 heavy (non-hydrogen) atoms. The Hall–Kier alpha value is -6.10. The van der Waals surface area contributed by atoms with E-state index in [0.29, 0.717) is 51.1 Å². The third-order valence-corrected chi connectivity index (χ3v) is 10.7. The summed E-state index contributed by atoms with van der Waals surface area (Å²) in [6.07, 6.45) is 1.88. The summed E-state index contributed by atoms with van der Waals surface area (Å²) >= 11 is 0. The Bertz CT molecular complexity index is 1850. The Morgan fingerprint density at radius 2 is 1.24 bits per heavy atom. The van der Waals surface area contributed by atoms with E-state index in [1.54, 1.807) is 30.9 Å². The maximum atomic E-state index is 12.9. The van der Waals surface area contributed by atoms with Crippen LogP contribution in [0.5, 0.6) is 5.75 Å². The quantitative estimate of drug-likeness (QED) is 0.0308. The molecule has 0 spiro atoms. The second-order valence-corrected chi connectivity index (χ2v) is 16.4. The fourth-order valence-electron chi connectivity index (χ4n) is 6.55. The standard InChI is InChI=1S/C45H68N8O14/c1-7-49(4)26-32(54)23-35(24-33(55)27-50(5)8-2)67-43(61)29-51(6)20-21-52(9-3)28-39(57)46-25-38(56)48-37(45(64)65)22-31-13-15-34(16-14-31)66-30-40(58)47-36(44(62)63)12-10-11-19-53-41(59)17-18-42(53)60/h13-18,35-37H,7-12,19-30H2,1-6H3,(H,46,57)(H,47,58)(H,48,56)(H,62,63)(H,64,65)/t36-,37-/m0/s1. The maximum Gasteiger partial charge on any atom is 0.326 e. The number of likely N-dealkylation sites (N-methyl/N-ethyl adjacent to an activating group) is 4. The van der Waals surface area contributed by atoms with E-state index in [1.807, 2.05) is 30.6 Å². The minimum atomic E-state index is -1.35. The van der Waals surface area contributed by atoms with Gasteiger partial charge >= 0.3 is 17.9 Å². The first-order valence-electron chi connectivity index (χ1n) is 22.3. The Labute approximate surface area is 391 Å². The summed E-state index contributed by atoms with van der Waals surface area (Å²) < 4.78 is 11.1. The molecule has 5 amide bonds. The van der Waals surface area contributed by atoms with Crippen LogP contribution in [0.1, 0.15) is 58.4 Å². The fourth-order valence-corrected chi connectivity index (χ4v) is 6.55. The number of unbranched alkanes of at least 4 members (excludes halogenated alkanes) is 1. The van der Waals surface area contributed by atoms with E-state index < -0.39 is 78.8 Å². The molecule has 0 saturated heterocycles. The van der Waals surface area contributed by atoms with E-state index in [-0.39, 0.29) is 75.7 Å². The van der Waals surface area contributed by atoms with Crippen molar-refractivity contribution in [2.45, 2.75) is 77.5 Å². The zero-order valence-corrected chi connectivity index (χ0v) is 39.5. The molecule has 1 aromatic rings. The van der Waals surface area contributed by atoms with Gasteiger partial charge < -0.3 is 35.6 Å². The van der Waals surface area contributed by atoms with Crippen LogP contribution in [-0.4, -0.2) is 212 Å². The highest BCUT2D eigenvalue weighted by molar-refractivity contribution is 6.12. The van der Waals surface area contributed by atoms with Crippen LogP contribution >= 0.6 is 0 Å². The van der Waals surface area contributed by atoms with Crippen molar-refractivity contribution in [3.63, 3.8) is 0 Å². The van der Waals surface area contributed by atoms with Gasteiger partial charge in [-0.1, -0.05) is 32.9 Å². The number of carboxylic acid groups (broad SMARTS) is 2. The first-order valence-corrected chi connectivity index (χ1v) is 22.3. The SMILES string of the molecule is CCN(C)CC(=O)CC(CC(=O)CN(C)CC)OC(=O)CN(C)CCN(CC)CC(=O)NCC(=O)N[C@@H](Cc1ccc(OCC(=O)N[C@@H](CCCCN2C(=O)C=CC2=O)C(=O)O)cc1)C(=O)O. The van der Waals surface area contributed by atoms with Gasteiger partial charge in [0.05, 0.1) is 32.7 Å². The maximum absolute atomic E-state index is 12.9. The number of amides is 5. The molecule has 2 atom stereocenters. The van der Waals surface area contributed by atoms with E-state index in [1.165, 1.54) is 24.3 Å². The fraction of sp³-hybridized carbons (Fsp3) is 0.600. The summed E-state index contributed by atoms with van der Waals surface area (Å²) in [4.78, 5) is 131. The molecule has 0 aliphatic carbocycles. The van der Waals surface area contributed by atoms with Crippen molar-refractivity contribution < 1.29 is 67.6 Å². The Balaban J connectivity index is 1.78. The Kier molecular flexibility index (Phi) is 25.7. The third-order valence-electron chi connectivity index (χ3n) is 10.7. The van der Waals surface area contributed by atoms with Gasteiger partial charge in [0.15, 0.2) is 18.2 Å². The Morgan fingerprint density at radius 1 is 0.672 bits per heavy atom. The smallest absolute Gasteiger partial charge is 0.326 e. The number of carboxylic acids is 2. The topological polar surface area (TPSA) is 282 Å². The first-order chi connectivity index (χ1) is 31.7. The average Bonchev–Trinajstić information content (AvgIpc) is 3.59. The molecule has 0 bridgehead atoms. The van der Waals surface area contributed by atoms with Crippen LogP contribution in [0.3, 0.4) is 0 Å². The van der Waals surface area contributed by atoms with Crippen molar-refractivity contribution in [2.75, 3.05) is 99.7 Å². The van der Waals surface area contributed by atoms with E-state index in [0.717, 1.165) is 17.1 Å². The number of carbonyl (C=O) groups excluding carboxylic acids is 8. The minimum Gasteiger partial charge on any atom is -0.484 e. The van der Waals surface area contributed by atoms with Crippen LogP contribution in [0.15, 0.2) is 36.4 Å². The number of imide groups is 1. The lowest BCUT2D eigenvalue weighted by Crippen LogP contribution is -2.48. The van der Waals surface area contributed by atoms with E-state index in [9.17, 15) is 58.2 Å². The van der Waals surface area contributed by atoms with Crippen molar-refractivity contribution in [1.29, 1.82) is 0 Å². The number of benzene rings is 1. The van der Waals surface area contributed by atoms with E-state index in [4.69, 9.17) is 9.47 Å². The highest BCUT2D eigenvalue weighted by Gasteiger charge is 2.26. The normalized spacial score (nSPS) is 13.3. The van der Waals surface area contributed by atoms with Gasteiger partial charge in [0.1, 0.15) is 23.9 Å². The lowest BCUT2D eigenvalue weighted by atomic mass is 10.1. The van der Waals surface area contributed by atoms with Crippen LogP contribution < -0.4 is 20.7 Å². The van der Waals surface area contributed by atoms with Crippen molar-refractivity contribution in [3.05, 3.63) is 42.0 Å². The molecule has 1 aliphatic rings. The first kappa shape index (κ1) is 57.0. The minimum absolute atomic E-state index is 0.0572. The molecule has 0 aromatic heterocycles. The number of Topliss-reactive ketones (excluding diaryl/α,β-unsaturated/α-hetero) is 2. The monoisotopic (exact) mass is 944 g/mol. The zero-order valence-electron chi connectivity index (χ0n) is 39.5. The third kappa shape index (κ3) is 23.3. The summed E-state index contributed by atoms with van der Waals surface area (Å²) in [5, 5.41) is 26.6. The van der Waals surface area contributed by atoms with Crippen LogP contribution in [0.4, 0.5) is 0 Å². The number of nitrogens with one attached hydrogen (secondary N) is 3. The summed E-state index contributed by atoms with van der Waals surface area (Å²) in [5.74, 6) is -6.02. The average molecular weight is 945 g/mol. The van der Waals surface area contributed by atoms with Crippen LogP contribution in [0.2, 0.25) is 0 Å². The second-order valence-electron chi connectivity index (χ2n) is 16.4. The molecule has 5 N–H and O–H groups in total. The number of aliphatic carboxylic acids is 2. The number of nitrogens with zero attached hydrogens (tertiary/aromatic N) is 5. The molecule has 372 valence electrons. The van der Waals surface area contributed by atoms with Crippen LogP contribution in [0, 0.1) is 0 Å². The van der Waals surface area contributed by atoms with Gasteiger partial charge in [0.2, 0.25) is 11.8 Å². The second kappa shape index (κ2) is 30.2. The number of ether oxygens (including phenoxy) is 2. The van der Waals surface area contributed by atoms with Gasteiger partial charge in [-0.15, -0.1) is 0 Å². The number of carbonyl (C=O) groups is 10. The van der Waals surface area contributed by atoms with Gasteiger partial charge in [0.25, 0.3) is 17.7 Å². The van der Waals surface area contributed by atoms with Crippen molar-refractivity contribution >= 4 is 59.0 Å². The molecule has 22 nitrogen and oxygen atoms in total. The van der Waals surface area contributed by atoms with Gasteiger partial charge in [-0.2, -0.15) is 0 Å². The molecule has 0 radical (unpaired) electrons. The predicted octanol–water partition coefficient (Wildman–Crippen LogP) is -1.05. The van der Waals surface area contributed by atoms with E-state index >= 15 is 0 Å². The lowest BCUT2D eigenvalue weighted by Gasteiger charge is -2.24. The molecule has 0 unspecified atom stereocenters. The molecule has 1 aliphatic heterocycles. The Morgan fingerprint density at radius 3 is 1.78 bits per heavy atom. The number of ketones is 2. The summed E-state index contributed by atoms with van der Waals surface area (Å²) in [6.45, 7) is 7.42. The van der Waals surface area contributed by atoms with Gasteiger partial charge in [0, 0.05) is 51.0 Å². The molecule has 22 heteroatoms. The lowest BCUT2D eigenvalue weighted by molar-refractivity contribution is -0.152. The number of hydrogen-bond donors (Lipinski definition) is 5. The highest BCUT2D eigenvalue weighted by atomic mass is 16.5. The molecule has 2 rings (SSSR count).